The van der Waals surface area contributed by atoms with Crippen LogP contribution in [0, 0.1) is 6.92 Å². The summed E-state index contributed by atoms with van der Waals surface area (Å²) < 4.78 is 8.88. The standard InChI is InChI=1S/C4H6N2.H3O4P/c1-4-2-3-5-6-4;1-5(2,3)4/h2-3H,1H3,(H,5,6);(H3,1,2,3,4). The van der Waals surface area contributed by atoms with Crippen molar-refractivity contribution in [3.05, 3.63) is 18.0 Å². The van der Waals surface area contributed by atoms with E-state index in [9.17, 15) is 0 Å². The molecule has 7 heteroatoms. The van der Waals surface area contributed by atoms with Crippen LogP contribution >= 0.6 is 7.82 Å². The predicted octanol–water partition coefficient (Wildman–Crippen LogP) is -0.210. The lowest BCUT2D eigenvalue weighted by atomic mass is 10.5. The predicted molar refractivity (Wildman–Crippen MR) is 37.6 cm³/mol. The average Bonchev–Trinajstić information content (AvgIpc) is 2.12. The van der Waals surface area contributed by atoms with E-state index in [2.05, 4.69) is 10.2 Å². The summed E-state index contributed by atoms with van der Waals surface area (Å²) in [6.07, 6.45) is 1.73. The summed E-state index contributed by atoms with van der Waals surface area (Å²) in [7, 11) is -4.64. The fourth-order valence-electron chi connectivity index (χ4n) is 0.325. The van der Waals surface area contributed by atoms with Gasteiger partial charge in [0.15, 0.2) is 0 Å². The number of aromatic amines is 1. The highest BCUT2D eigenvalue weighted by atomic mass is 31.2. The van der Waals surface area contributed by atoms with E-state index in [0.29, 0.717) is 0 Å². The SMILES string of the molecule is Cc1ccn[nH]1.O=P(O)(O)O. The monoisotopic (exact) mass is 180 g/mol. The third-order valence-corrected chi connectivity index (χ3v) is 0.640. The summed E-state index contributed by atoms with van der Waals surface area (Å²) in [4.78, 5) is 21.6. The molecule has 0 unspecified atom stereocenters. The highest BCUT2D eigenvalue weighted by molar-refractivity contribution is 7.45. The van der Waals surface area contributed by atoms with Crippen LogP contribution in [0.2, 0.25) is 0 Å². The summed E-state index contributed by atoms with van der Waals surface area (Å²) in [5.74, 6) is 0. The highest BCUT2D eigenvalue weighted by Crippen LogP contribution is 2.25. The van der Waals surface area contributed by atoms with E-state index in [-0.39, 0.29) is 0 Å². The second-order valence-corrected chi connectivity index (χ2v) is 2.78. The largest absolute Gasteiger partial charge is 0.466 e. The molecular formula is C4H9N2O4P. The lowest BCUT2D eigenvalue weighted by Gasteiger charge is -1.82. The molecule has 0 saturated carbocycles. The first-order chi connectivity index (χ1) is 4.89. The van der Waals surface area contributed by atoms with E-state index in [4.69, 9.17) is 19.2 Å². The first kappa shape index (κ1) is 10.3. The van der Waals surface area contributed by atoms with Crippen LogP contribution in [0.5, 0.6) is 0 Å². The van der Waals surface area contributed by atoms with E-state index in [0.717, 1.165) is 5.69 Å². The van der Waals surface area contributed by atoms with Gasteiger partial charge in [0.1, 0.15) is 0 Å². The van der Waals surface area contributed by atoms with Gasteiger partial charge in [-0.15, -0.1) is 0 Å². The number of nitrogens with one attached hydrogen (secondary N) is 1. The van der Waals surface area contributed by atoms with Gasteiger partial charge in [-0.3, -0.25) is 5.10 Å². The second-order valence-electron chi connectivity index (χ2n) is 1.75. The molecule has 6 nitrogen and oxygen atoms in total. The zero-order chi connectivity index (χ0) is 8.91. The van der Waals surface area contributed by atoms with Crippen molar-refractivity contribution in [1.29, 1.82) is 0 Å². The Kier molecular flexibility index (Phi) is 3.99. The molecule has 1 rings (SSSR count). The van der Waals surface area contributed by atoms with Crippen molar-refractivity contribution in [2.45, 2.75) is 6.92 Å². The number of rotatable bonds is 0. The molecule has 0 aromatic carbocycles. The second kappa shape index (κ2) is 4.25. The molecule has 0 aliphatic carbocycles. The molecular weight excluding hydrogens is 171 g/mol. The first-order valence-corrected chi connectivity index (χ1v) is 4.20. The Morgan fingerprint density at radius 1 is 1.55 bits per heavy atom. The van der Waals surface area contributed by atoms with Crippen molar-refractivity contribution < 1.29 is 19.2 Å². The third kappa shape index (κ3) is 12.5. The Morgan fingerprint density at radius 3 is 2.09 bits per heavy atom. The summed E-state index contributed by atoms with van der Waals surface area (Å²) in [5, 5.41) is 6.45. The molecule has 0 saturated heterocycles. The van der Waals surface area contributed by atoms with E-state index < -0.39 is 7.82 Å². The van der Waals surface area contributed by atoms with Crippen LogP contribution in [0.4, 0.5) is 0 Å². The number of aryl methyl sites for hydroxylation is 1. The Labute approximate surface area is 63.1 Å². The molecule has 0 spiro atoms. The zero-order valence-electron chi connectivity index (χ0n) is 5.80. The van der Waals surface area contributed by atoms with E-state index in [1.54, 1.807) is 6.20 Å². The van der Waals surface area contributed by atoms with Crippen LogP contribution in [0.1, 0.15) is 5.69 Å². The fourth-order valence-corrected chi connectivity index (χ4v) is 0.325. The van der Waals surface area contributed by atoms with Gasteiger partial charge >= 0.3 is 7.82 Å². The van der Waals surface area contributed by atoms with Crippen LogP contribution < -0.4 is 0 Å². The smallest absolute Gasteiger partial charge is 0.303 e. The van der Waals surface area contributed by atoms with Crippen molar-refractivity contribution in [2.24, 2.45) is 0 Å². The van der Waals surface area contributed by atoms with Crippen LogP contribution in [0.15, 0.2) is 12.3 Å². The molecule has 0 fully saturated rings. The summed E-state index contributed by atoms with van der Waals surface area (Å²) >= 11 is 0. The maximum atomic E-state index is 8.88. The maximum absolute atomic E-state index is 8.88. The Morgan fingerprint density at radius 2 is 2.00 bits per heavy atom. The molecule has 11 heavy (non-hydrogen) atoms. The number of phosphoric acid groups is 1. The van der Waals surface area contributed by atoms with Crippen molar-refractivity contribution in [1.82, 2.24) is 10.2 Å². The minimum Gasteiger partial charge on any atom is -0.303 e. The summed E-state index contributed by atoms with van der Waals surface area (Å²) in [6, 6.07) is 1.92. The Bertz CT molecular complexity index is 220. The maximum Gasteiger partial charge on any atom is 0.466 e. The van der Waals surface area contributed by atoms with Gasteiger partial charge < -0.3 is 14.7 Å². The number of nitrogens with zero attached hydrogens (tertiary/aromatic N) is 1. The van der Waals surface area contributed by atoms with Gasteiger partial charge in [-0.05, 0) is 13.0 Å². The van der Waals surface area contributed by atoms with Gasteiger partial charge in [-0.1, -0.05) is 0 Å². The number of hydrogen-bond donors (Lipinski definition) is 4. The zero-order valence-corrected chi connectivity index (χ0v) is 6.69. The lowest BCUT2D eigenvalue weighted by Crippen LogP contribution is -1.66. The molecule has 0 radical (unpaired) electrons. The molecule has 0 aliphatic heterocycles. The number of aromatic nitrogens is 2. The fraction of sp³-hybridized carbons (Fsp3) is 0.250. The van der Waals surface area contributed by atoms with Crippen LogP contribution in [0.25, 0.3) is 0 Å². The molecule has 0 aliphatic rings. The third-order valence-electron chi connectivity index (χ3n) is 0.640. The molecule has 4 N–H and O–H groups in total. The molecule has 0 bridgehead atoms. The Hall–Kier alpha value is -0.680. The van der Waals surface area contributed by atoms with Crippen molar-refractivity contribution >= 4 is 7.82 Å². The first-order valence-electron chi connectivity index (χ1n) is 2.64. The lowest BCUT2D eigenvalue weighted by molar-refractivity contribution is 0.275. The van der Waals surface area contributed by atoms with Gasteiger partial charge in [-0.25, -0.2) is 4.57 Å². The van der Waals surface area contributed by atoms with Gasteiger partial charge in [0.25, 0.3) is 0 Å². The molecule has 1 aromatic rings. The van der Waals surface area contributed by atoms with E-state index >= 15 is 0 Å². The van der Waals surface area contributed by atoms with Gasteiger partial charge in [-0.2, -0.15) is 5.10 Å². The topological polar surface area (TPSA) is 106 Å². The van der Waals surface area contributed by atoms with Gasteiger partial charge in [0.2, 0.25) is 0 Å². The van der Waals surface area contributed by atoms with Crippen LogP contribution in [0.3, 0.4) is 0 Å². The molecule has 1 heterocycles. The number of H-pyrrole nitrogens is 1. The van der Waals surface area contributed by atoms with Gasteiger partial charge in [0, 0.05) is 11.9 Å². The summed E-state index contributed by atoms with van der Waals surface area (Å²) in [5.41, 5.74) is 1.11. The quantitative estimate of drug-likeness (QED) is 0.413. The minimum atomic E-state index is -4.64. The van der Waals surface area contributed by atoms with E-state index in [1.807, 2.05) is 13.0 Å². The van der Waals surface area contributed by atoms with Crippen molar-refractivity contribution in [2.75, 3.05) is 0 Å². The molecule has 64 valence electrons. The average molecular weight is 180 g/mol. The van der Waals surface area contributed by atoms with Crippen LogP contribution in [-0.4, -0.2) is 24.9 Å². The molecule has 0 amide bonds. The van der Waals surface area contributed by atoms with E-state index in [1.165, 1.54) is 0 Å². The minimum absolute atomic E-state index is 1.11. The van der Waals surface area contributed by atoms with Crippen LogP contribution in [-0.2, 0) is 4.57 Å². The Balaban J connectivity index is 0.000000187. The van der Waals surface area contributed by atoms with Gasteiger partial charge in [0.05, 0.1) is 0 Å². The van der Waals surface area contributed by atoms with Crippen molar-refractivity contribution in [3.8, 4) is 0 Å². The number of hydrogen-bond acceptors (Lipinski definition) is 2. The molecule has 0 atom stereocenters. The molecule has 1 aromatic heterocycles. The van der Waals surface area contributed by atoms with Crippen molar-refractivity contribution in [3.63, 3.8) is 0 Å². The highest BCUT2D eigenvalue weighted by Gasteiger charge is 2.00. The summed E-state index contributed by atoms with van der Waals surface area (Å²) in [6.45, 7) is 1.97. The normalized spacial score (nSPS) is 10.2.